The molecule has 0 saturated heterocycles. The summed E-state index contributed by atoms with van der Waals surface area (Å²) in [6, 6.07) is 0.710. The maximum atomic E-state index is 12.3. The molecule has 0 saturated carbocycles. The minimum absolute atomic E-state index is 0.343. The third-order valence-corrected chi connectivity index (χ3v) is 2.59. The van der Waals surface area contributed by atoms with Crippen molar-refractivity contribution in [3.05, 3.63) is 21.0 Å². The molecule has 0 fully saturated rings. The van der Waals surface area contributed by atoms with Gasteiger partial charge in [-0.25, -0.2) is 14.2 Å². The zero-order valence-electron chi connectivity index (χ0n) is 7.89. The average Bonchev–Trinajstić information content (AvgIpc) is 2.18. The summed E-state index contributed by atoms with van der Waals surface area (Å²) in [4.78, 5) is 14.0. The molecule has 0 aliphatic carbocycles. The van der Waals surface area contributed by atoms with E-state index in [9.17, 15) is 22.4 Å². The lowest BCUT2D eigenvalue weighted by Crippen LogP contribution is -2.19. The van der Waals surface area contributed by atoms with E-state index in [0.717, 1.165) is 0 Å². The van der Waals surface area contributed by atoms with Crippen LogP contribution in [0.3, 0.4) is 0 Å². The van der Waals surface area contributed by atoms with Gasteiger partial charge < -0.3 is 9.84 Å². The van der Waals surface area contributed by atoms with Crippen molar-refractivity contribution < 1.29 is 32.2 Å². The molecule has 0 aromatic carbocycles. The minimum atomic E-state index is -4.98. The van der Waals surface area contributed by atoms with Crippen molar-refractivity contribution in [2.75, 3.05) is 0 Å². The Kier molecular flexibility index (Phi) is 4.11. The van der Waals surface area contributed by atoms with Crippen LogP contribution < -0.4 is 4.74 Å². The van der Waals surface area contributed by atoms with Crippen LogP contribution in [0.4, 0.5) is 17.6 Å². The predicted molar refractivity (Wildman–Crippen MR) is 55.4 cm³/mol. The van der Waals surface area contributed by atoms with Gasteiger partial charge in [-0.3, -0.25) is 0 Å². The Labute approximate surface area is 106 Å². The first kappa shape index (κ1) is 13.9. The Morgan fingerprint density at radius 2 is 2.12 bits per heavy atom. The van der Waals surface area contributed by atoms with E-state index in [1.54, 1.807) is 0 Å². The maximum absolute atomic E-state index is 12.3. The van der Waals surface area contributed by atoms with E-state index in [-0.39, 0.29) is 3.57 Å². The second kappa shape index (κ2) is 5.02. The molecule has 0 amide bonds. The van der Waals surface area contributed by atoms with E-state index in [4.69, 9.17) is 5.11 Å². The fourth-order valence-corrected chi connectivity index (χ4v) is 1.58. The molecule has 1 aromatic heterocycles. The van der Waals surface area contributed by atoms with Gasteiger partial charge in [0.25, 0.3) is 0 Å². The normalized spacial score (nSPS) is 11.4. The highest BCUT2D eigenvalue weighted by molar-refractivity contribution is 14.1. The van der Waals surface area contributed by atoms with E-state index in [0.29, 0.717) is 6.07 Å². The molecule has 1 N–H and O–H groups in total. The Morgan fingerprint density at radius 1 is 1.53 bits per heavy atom. The molecular weight excluding hydrogens is 361 g/mol. The number of halogens is 5. The van der Waals surface area contributed by atoms with Crippen LogP contribution in [0.5, 0.6) is 5.75 Å². The predicted octanol–water partition coefficient (Wildman–Crippen LogP) is 2.75. The number of aromatic nitrogens is 1. The van der Waals surface area contributed by atoms with Gasteiger partial charge in [-0.05, 0) is 22.6 Å². The van der Waals surface area contributed by atoms with Crippen molar-refractivity contribution in [3.8, 4) is 5.75 Å². The highest BCUT2D eigenvalue weighted by Crippen LogP contribution is 2.30. The average molecular weight is 365 g/mol. The summed E-state index contributed by atoms with van der Waals surface area (Å²) in [5.74, 6) is -2.34. The molecule has 0 aliphatic rings. The topological polar surface area (TPSA) is 59.4 Å². The van der Waals surface area contributed by atoms with E-state index in [1.807, 2.05) is 0 Å². The lowest BCUT2D eigenvalue weighted by atomic mass is 10.3. The Morgan fingerprint density at radius 3 is 2.53 bits per heavy atom. The second-order valence-electron chi connectivity index (χ2n) is 2.76. The minimum Gasteiger partial charge on any atom is -0.476 e. The fourth-order valence-electron chi connectivity index (χ4n) is 0.965. The van der Waals surface area contributed by atoms with Crippen LogP contribution in [0, 0.1) is 3.57 Å². The van der Waals surface area contributed by atoms with Crippen LogP contribution >= 0.6 is 22.6 Å². The van der Waals surface area contributed by atoms with Gasteiger partial charge in [0.1, 0.15) is 12.4 Å². The summed E-state index contributed by atoms with van der Waals surface area (Å²) in [5, 5.41) is 8.68. The summed E-state index contributed by atoms with van der Waals surface area (Å²) in [6.45, 7) is -1.19. The standard InChI is InChI=1S/C8H4F4INO3/c9-2-3-1-4(17-8(10,11)12)5(13)6(14-3)7(15)16/h1H,2H2,(H,15,16). The quantitative estimate of drug-likeness (QED) is 0.661. The number of rotatable bonds is 3. The van der Waals surface area contributed by atoms with Crippen LogP contribution in [-0.2, 0) is 6.67 Å². The molecule has 0 aliphatic heterocycles. The third-order valence-electron chi connectivity index (χ3n) is 1.54. The number of hydrogen-bond acceptors (Lipinski definition) is 3. The maximum Gasteiger partial charge on any atom is 0.573 e. The summed E-state index contributed by atoms with van der Waals surface area (Å²) < 4.78 is 51.6. The van der Waals surface area contributed by atoms with Crippen molar-refractivity contribution in [2.45, 2.75) is 13.0 Å². The van der Waals surface area contributed by atoms with Crippen molar-refractivity contribution in [1.29, 1.82) is 0 Å². The highest BCUT2D eigenvalue weighted by Gasteiger charge is 2.33. The Bertz CT molecular complexity index is 449. The smallest absolute Gasteiger partial charge is 0.476 e. The summed E-state index contributed by atoms with van der Waals surface area (Å²) >= 11 is 1.34. The number of carboxylic acids is 1. The van der Waals surface area contributed by atoms with Crippen LogP contribution in [0.1, 0.15) is 16.2 Å². The molecule has 1 heterocycles. The molecule has 1 rings (SSSR count). The number of pyridine rings is 1. The second-order valence-corrected chi connectivity index (χ2v) is 3.84. The molecular formula is C8H4F4INO3. The number of carbonyl (C=O) groups is 1. The first-order valence-electron chi connectivity index (χ1n) is 3.99. The fraction of sp³-hybridized carbons (Fsp3) is 0.250. The number of ether oxygens (including phenoxy) is 1. The van der Waals surface area contributed by atoms with Gasteiger partial charge in [-0.1, -0.05) is 0 Å². The van der Waals surface area contributed by atoms with Gasteiger partial charge >= 0.3 is 12.3 Å². The van der Waals surface area contributed by atoms with Crippen molar-refractivity contribution in [3.63, 3.8) is 0 Å². The van der Waals surface area contributed by atoms with Crippen molar-refractivity contribution in [2.24, 2.45) is 0 Å². The van der Waals surface area contributed by atoms with Crippen molar-refractivity contribution in [1.82, 2.24) is 4.98 Å². The third kappa shape index (κ3) is 3.68. The largest absolute Gasteiger partial charge is 0.573 e. The number of nitrogens with zero attached hydrogens (tertiary/aromatic N) is 1. The lowest BCUT2D eigenvalue weighted by Gasteiger charge is -2.12. The van der Waals surface area contributed by atoms with Gasteiger partial charge in [-0.15, -0.1) is 13.2 Å². The van der Waals surface area contributed by atoms with Gasteiger partial charge in [0, 0.05) is 6.07 Å². The Balaban J connectivity index is 3.29. The Hall–Kier alpha value is -1.13. The summed E-state index contributed by atoms with van der Waals surface area (Å²) in [5.41, 5.74) is -1.12. The van der Waals surface area contributed by atoms with Crippen LogP contribution in [-0.4, -0.2) is 22.4 Å². The van der Waals surface area contributed by atoms with E-state index < -0.39 is 36.1 Å². The van der Waals surface area contributed by atoms with Gasteiger partial charge in [0.15, 0.2) is 5.69 Å². The lowest BCUT2D eigenvalue weighted by molar-refractivity contribution is -0.275. The monoisotopic (exact) mass is 365 g/mol. The molecule has 17 heavy (non-hydrogen) atoms. The van der Waals surface area contributed by atoms with Crippen LogP contribution in [0.15, 0.2) is 6.07 Å². The molecule has 9 heteroatoms. The number of aromatic carboxylic acids is 1. The van der Waals surface area contributed by atoms with E-state index >= 15 is 0 Å². The van der Waals surface area contributed by atoms with Crippen molar-refractivity contribution >= 4 is 28.6 Å². The first-order chi connectivity index (χ1) is 7.74. The first-order valence-corrected chi connectivity index (χ1v) is 5.07. The SMILES string of the molecule is O=C(O)c1nc(CF)cc(OC(F)(F)F)c1I. The number of alkyl halides is 4. The van der Waals surface area contributed by atoms with Crippen LogP contribution in [0.25, 0.3) is 0 Å². The van der Waals surface area contributed by atoms with Gasteiger partial charge in [0.2, 0.25) is 0 Å². The molecule has 1 aromatic rings. The molecule has 0 radical (unpaired) electrons. The van der Waals surface area contributed by atoms with Gasteiger partial charge in [-0.2, -0.15) is 0 Å². The molecule has 4 nitrogen and oxygen atoms in total. The molecule has 0 spiro atoms. The van der Waals surface area contributed by atoms with E-state index in [2.05, 4.69) is 9.72 Å². The molecule has 94 valence electrons. The van der Waals surface area contributed by atoms with E-state index in [1.165, 1.54) is 22.6 Å². The molecule has 0 atom stereocenters. The molecule has 0 unspecified atom stereocenters. The summed E-state index contributed by atoms with van der Waals surface area (Å²) in [6.07, 6.45) is -4.98. The van der Waals surface area contributed by atoms with Crippen LogP contribution in [0.2, 0.25) is 0 Å². The molecule has 0 bridgehead atoms. The highest BCUT2D eigenvalue weighted by atomic mass is 127. The zero-order valence-corrected chi connectivity index (χ0v) is 10.0. The zero-order chi connectivity index (χ0) is 13.2. The number of hydrogen-bond donors (Lipinski definition) is 1. The van der Waals surface area contributed by atoms with Gasteiger partial charge in [0.05, 0.1) is 9.26 Å². The number of carboxylic acid groups (broad SMARTS) is 1. The summed E-state index contributed by atoms with van der Waals surface area (Å²) in [7, 11) is 0.